The smallest absolute Gasteiger partial charge is 0.0644 e. The first-order chi connectivity index (χ1) is 8.75. The summed E-state index contributed by atoms with van der Waals surface area (Å²) in [5.41, 5.74) is 4.57. The summed E-state index contributed by atoms with van der Waals surface area (Å²) in [6, 6.07) is 7.64. The summed E-state index contributed by atoms with van der Waals surface area (Å²) in [6.45, 7) is 4.83. The molecule has 0 spiro atoms. The Morgan fingerprint density at radius 3 is 2.89 bits per heavy atom. The molecular formula is C15H21N3. The zero-order chi connectivity index (χ0) is 12.3. The number of para-hydroxylation sites is 1. The van der Waals surface area contributed by atoms with E-state index in [0.29, 0.717) is 0 Å². The number of hydrogen-bond donors (Lipinski definition) is 0. The van der Waals surface area contributed by atoms with E-state index in [1.807, 2.05) is 0 Å². The molecule has 0 aromatic heterocycles. The van der Waals surface area contributed by atoms with Crippen molar-refractivity contribution in [3.63, 3.8) is 0 Å². The minimum absolute atomic E-state index is 0.727. The maximum Gasteiger partial charge on any atom is 0.0644 e. The number of piperidine rings is 1. The molecular weight excluding hydrogens is 222 g/mol. The highest BCUT2D eigenvalue weighted by atomic mass is 15.3. The summed E-state index contributed by atoms with van der Waals surface area (Å²) < 4.78 is 0. The second-order valence-electron chi connectivity index (χ2n) is 6.05. The molecule has 1 fully saturated rings. The third-order valence-electron chi connectivity index (χ3n) is 5.00. The van der Waals surface area contributed by atoms with E-state index >= 15 is 0 Å². The maximum atomic E-state index is 2.70. The van der Waals surface area contributed by atoms with E-state index in [1.165, 1.54) is 37.4 Å². The van der Waals surface area contributed by atoms with Crippen molar-refractivity contribution in [2.75, 3.05) is 50.1 Å². The Balaban J connectivity index is 1.85. The Bertz CT molecular complexity index is 485. The van der Waals surface area contributed by atoms with Gasteiger partial charge in [0.15, 0.2) is 0 Å². The number of fused-ring (bicyclic) bond motifs is 3. The predicted octanol–water partition coefficient (Wildman–Crippen LogP) is 1.74. The molecule has 3 heteroatoms. The van der Waals surface area contributed by atoms with Crippen LogP contribution in [0, 0.1) is 0 Å². The zero-order valence-corrected chi connectivity index (χ0v) is 11.3. The highest BCUT2D eigenvalue weighted by Crippen LogP contribution is 2.50. The molecule has 0 bridgehead atoms. The number of benzene rings is 1. The SMILES string of the molecule is CN1CC[C@H]2[C@@H](C1)c1cccc3c1N2CCN3C. The van der Waals surface area contributed by atoms with Crippen molar-refractivity contribution < 1.29 is 0 Å². The Labute approximate surface area is 109 Å². The van der Waals surface area contributed by atoms with Gasteiger partial charge in [-0.05, 0) is 31.6 Å². The van der Waals surface area contributed by atoms with Gasteiger partial charge in [-0.3, -0.25) is 0 Å². The monoisotopic (exact) mass is 243 g/mol. The van der Waals surface area contributed by atoms with E-state index in [1.54, 1.807) is 5.56 Å². The molecule has 3 heterocycles. The van der Waals surface area contributed by atoms with E-state index in [2.05, 4.69) is 47.0 Å². The van der Waals surface area contributed by atoms with Crippen LogP contribution in [0.1, 0.15) is 17.9 Å². The number of anilines is 2. The van der Waals surface area contributed by atoms with E-state index in [4.69, 9.17) is 0 Å². The van der Waals surface area contributed by atoms with Crippen LogP contribution < -0.4 is 9.80 Å². The van der Waals surface area contributed by atoms with Gasteiger partial charge in [0.2, 0.25) is 0 Å². The number of likely N-dealkylation sites (N-methyl/N-ethyl adjacent to an activating group) is 2. The summed E-state index contributed by atoms with van der Waals surface area (Å²) in [5.74, 6) is 0.727. The van der Waals surface area contributed by atoms with E-state index in [9.17, 15) is 0 Å². The van der Waals surface area contributed by atoms with E-state index < -0.39 is 0 Å². The largest absolute Gasteiger partial charge is 0.371 e. The minimum atomic E-state index is 0.727. The number of rotatable bonds is 0. The van der Waals surface area contributed by atoms with Crippen LogP contribution in [0.3, 0.4) is 0 Å². The molecule has 1 aromatic carbocycles. The van der Waals surface area contributed by atoms with Crippen molar-refractivity contribution in [2.45, 2.75) is 18.4 Å². The standard InChI is InChI=1S/C15H21N3/c1-16-7-6-13-12(10-16)11-4-3-5-14-15(11)18(13)9-8-17(14)2/h3-5,12-13H,6-10H2,1-2H3/t12-,13-/m0/s1. The van der Waals surface area contributed by atoms with Crippen molar-refractivity contribution in [3.8, 4) is 0 Å². The van der Waals surface area contributed by atoms with Gasteiger partial charge < -0.3 is 14.7 Å². The molecule has 1 saturated heterocycles. The van der Waals surface area contributed by atoms with Gasteiger partial charge in [0.05, 0.1) is 11.4 Å². The lowest BCUT2D eigenvalue weighted by Gasteiger charge is -2.40. The fourth-order valence-corrected chi connectivity index (χ4v) is 4.07. The van der Waals surface area contributed by atoms with Gasteiger partial charge in [-0.2, -0.15) is 0 Å². The molecule has 0 N–H and O–H groups in total. The molecule has 3 aliphatic heterocycles. The quantitative estimate of drug-likeness (QED) is 0.687. The van der Waals surface area contributed by atoms with Crippen molar-refractivity contribution in [1.82, 2.24) is 4.90 Å². The molecule has 0 saturated carbocycles. The number of hydrogen-bond acceptors (Lipinski definition) is 3. The summed E-state index contributed by atoms with van der Waals surface area (Å²) >= 11 is 0. The maximum absolute atomic E-state index is 2.70. The summed E-state index contributed by atoms with van der Waals surface area (Å²) in [7, 11) is 4.48. The molecule has 96 valence electrons. The van der Waals surface area contributed by atoms with Crippen LogP contribution in [0.2, 0.25) is 0 Å². The Kier molecular flexibility index (Phi) is 2.16. The molecule has 4 rings (SSSR count). The van der Waals surface area contributed by atoms with Crippen LogP contribution >= 0.6 is 0 Å². The first-order valence-corrected chi connectivity index (χ1v) is 7.05. The molecule has 0 radical (unpaired) electrons. The average Bonchev–Trinajstić information content (AvgIpc) is 2.69. The number of nitrogens with zero attached hydrogens (tertiary/aromatic N) is 3. The number of likely N-dealkylation sites (tertiary alicyclic amines) is 1. The molecule has 18 heavy (non-hydrogen) atoms. The molecule has 0 aliphatic carbocycles. The molecule has 3 nitrogen and oxygen atoms in total. The second kappa shape index (κ2) is 3.64. The molecule has 0 amide bonds. The summed E-state index contributed by atoms with van der Waals surface area (Å²) in [6.07, 6.45) is 1.32. The van der Waals surface area contributed by atoms with E-state index in [0.717, 1.165) is 18.5 Å². The first kappa shape index (κ1) is 10.7. The zero-order valence-electron chi connectivity index (χ0n) is 11.3. The van der Waals surface area contributed by atoms with Crippen LogP contribution in [0.5, 0.6) is 0 Å². The Morgan fingerprint density at radius 2 is 2.00 bits per heavy atom. The molecule has 1 aromatic rings. The lowest BCUT2D eigenvalue weighted by molar-refractivity contribution is 0.231. The topological polar surface area (TPSA) is 9.72 Å². The van der Waals surface area contributed by atoms with Crippen LogP contribution in [-0.2, 0) is 0 Å². The minimum Gasteiger partial charge on any atom is -0.371 e. The molecule has 3 aliphatic rings. The fourth-order valence-electron chi connectivity index (χ4n) is 4.07. The third kappa shape index (κ3) is 1.28. The van der Waals surface area contributed by atoms with Crippen LogP contribution in [0.25, 0.3) is 0 Å². The summed E-state index contributed by atoms with van der Waals surface area (Å²) in [4.78, 5) is 7.60. The first-order valence-electron chi connectivity index (χ1n) is 7.05. The molecule has 2 atom stereocenters. The third-order valence-corrected chi connectivity index (χ3v) is 5.00. The fraction of sp³-hybridized carbons (Fsp3) is 0.600. The van der Waals surface area contributed by atoms with Gasteiger partial charge in [0.1, 0.15) is 0 Å². The van der Waals surface area contributed by atoms with Crippen molar-refractivity contribution >= 4 is 11.4 Å². The van der Waals surface area contributed by atoms with Crippen LogP contribution in [0.4, 0.5) is 11.4 Å². The average molecular weight is 243 g/mol. The summed E-state index contributed by atoms with van der Waals surface area (Å²) in [5, 5.41) is 0. The van der Waals surface area contributed by atoms with Gasteiger partial charge in [0.25, 0.3) is 0 Å². The van der Waals surface area contributed by atoms with Gasteiger partial charge in [-0.1, -0.05) is 12.1 Å². The lowest BCUT2D eigenvalue weighted by Crippen LogP contribution is -2.48. The normalized spacial score (nSPS) is 30.3. The predicted molar refractivity (Wildman–Crippen MR) is 75.7 cm³/mol. The van der Waals surface area contributed by atoms with Crippen molar-refractivity contribution in [3.05, 3.63) is 23.8 Å². The van der Waals surface area contributed by atoms with Gasteiger partial charge in [-0.25, -0.2) is 0 Å². The van der Waals surface area contributed by atoms with Gasteiger partial charge in [0, 0.05) is 38.6 Å². The van der Waals surface area contributed by atoms with Crippen molar-refractivity contribution in [1.29, 1.82) is 0 Å². The Morgan fingerprint density at radius 1 is 1.11 bits per heavy atom. The van der Waals surface area contributed by atoms with Crippen LogP contribution in [0.15, 0.2) is 18.2 Å². The van der Waals surface area contributed by atoms with Crippen molar-refractivity contribution in [2.24, 2.45) is 0 Å². The second-order valence-corrected chi connectivity index (χ2v) is 6.05. The van der Waals surface area contributed by atoms with Gasteiger partial charge in [-0.15, -0.1) is 0 Å². The van der Waals surface area contributed by atoms with Crippen LogP contribution in [-0.4, -0.2) is 51.2 Å². The molecule has 0 unspecified atom stereocenters. The van der Waals surface area contributed by atoms with Gasteiger partial charge >= 0.3 is 0 Å². The Hall–Kier alpha value is -1.22. The highest BCUT2D eigenvalue weighted by Gasteiger charge is 2.43. The highest BCUT2D eigenvalue weighted by molar-refractivity contribution is 5.80. The van der Waals surface area contributed by atoms with E-state index in [-0.39, 0.29) is 0 Å². The lowest BCUT2D eigenvalue weighted by atomic mass is 9.89.